The van der Waals surface area contributed by atoms with Gasteiger partial charge in [0.15, 0.2) is 19.8 Å². The molecule has 0 aliphatic carbocycles. The molecule has 156 valence electrons. The molecule has 1 atom stereocenters. The third-order valence-electron chi connectivity index (χ3n) is 5.76. The van der Waals surface area contributed by atoms with E-state index in [1.54, 1.807) is 0 Å². The molecule has 0 radical (unpaired) electrons. The molecule has 1 aliphatic rings. The second-order valence-corrected chi connectivity index (χ2v) is 13.8. The summed E-state index contributed by atoms with van der Waals surface area (Å²) in [4.78, 5) is 12.8. The average molecular weight is 414 g/mol. The van der Waals surface area contributed by atoms with Crippen molar-refractivity contribution in [3.8, 4) is 11.5 Å². The second-order valence-electron chi connectivity index (χ2n) is 8.97. The topological polar surface area (TPSA) is 56.8 Å². The Morgan fingerprint density at radius 3 is 2.48 bits per heavy atom. The van der Waals surface area contributed by atoms with Crippen molar-refractivity contribution in [2.24, 2.45) is 0 Å². The molecule has 0 bridgehead atoms. The largest absolute Gasteiger partial charge is 0.454 e. The van der Waals surface area contributed by atoms with Crippen LogP contribution in [0.4, 0.5) is 0 Å². The number of carbonyl (C=O) groups is 1. The molecule has 1 aliphatic heterocycles. The van der Waals surface area contributed by atoms with Crippen molar-refractivity contribution in [1.82, 2.24) is 5.32 Å². The Labute approximate surface area is 174 Å². The summed E-state index contributed by atoms with van der Waals surface area (Å²) in [5.74, 6) is 1.37. The molecule has 29 heavy (non-hydrogen) atoms. The Kier molecular flexibility index (Phi) is 6.34. The molecule has 0 aromatic heterocycles. The van der Waals surface area contributed by atoms with E-state index in [9.17, 15) is 4.79 Å². The van der Waals surface area contributed by atoms with Gasteiger partial charge in [0.25, 0.3) is 0 Å². The van der Waals surface area contributed by atoms with Crippen molar-refractivity contribution in [3.05, 3.63) is 59.7 Å². The van der Waals surface area contributed by atoms with Crippen LogP contribution in [0.2, 0.25) is 18.1 Å². The summed E-state index contributed by atoms with van der Waals surface area (Å²) in [7, 11) is -1.92. The highest BCUT2D eigenvalue weighted by molar-refractivity contribution is 6.74. The van der Waals surface area contributed by atoms with Crippen LogP contribution >= 0.6 is 0 Å². The van der Waals surface area contributed by atoms with E-state index in [2.05, 4.69) is 39.2 Å². The van der Waals surface area contributed by atoms with E-state index in [1.807, 2.05) is 48.5 Å². The molecule has 2 aromatic carbocycles. The molecule has 6 heteroatoms. The van der Waals surface area contributed by atoms with Crippen molar-refractivity contribution in [3.63, 3.8) is 0 Å². The van der Waals surface area contributed by atoms with Gasteiger partial charge in [-0.05, 0) is 41.4 Å². The van der Waals surface area contributed by atoms with Gasteiger partial charge >= 0.3 is 0 Å². The van der Waals surface area contributed by atoms with Gasteiger partial charge in [-0.1, -0.05) is 57.2 Å². The van der Waals surface area contributed by atoms with Crippen LogP contribution in [0.15, 0.2) is 48.5 Å². The van der Waals surface area contributed by atoms with Crippen LogP contribution in [-0.2, 0) is 15.6 Å². The molecule has 0 fully saturated rings. The molecular formula is C23H31NO4Si. The molecule has 3 rings (SSSR count). The van der Waals surface area contributed by atoms with Crippen LogP contribution in [0.3, 0.4) is 0 Å². The third kappa shape index (κ3) is 5.39. The number of ether oxygens (including phenoxy) is 2. The van der Waals surface area contributed by atoms with Gasteiger partial charge in [0, 0.05) is 0 Å². The SMILES string of the molecule is CC(C)(C)[Si](C)(C)OC[C@H](NC(=O)Cc1ccc2c(c1)OCO2)c1ccccc1. The summed E-state index contributed by atoms with van der Waals surface area (Å²) in [6.07, 6.45) is 0.278. The predicted octanol–water partition coefficient (Wildman–Crippen LogP) is 4.84. The average Bonchev–Trinajstić information content (AvgIpc) is 3.12. The Balaban J connectivity index is 1.69. The van der Waals surface area contributed by atoms with Crippen molar-refractivity contribution >= 4 is 14.2 Å². The number of nitrogens with one attached hydrogen (secondary N) is 1. The maximum Gasteiger partial charge on any atom is 0.231 e. The minimum absolute atomic E-state index is 0.0449. The van der Waals surface area contributed by atoms with Crippen molar-refractivity contribution in [2.45, 2.75) is 51.4 Å². The number of fused-ring (bicyclic) bond motifs is 1. The second kappa shape index (κ2) is 8.59. The monoisotopic (exact) mass is 413 g/mol. The first-order valence-electron chi connectivity index (χ1n) is 10.0. The van der Waals surface area contributed by atoms with Crippen molar-refractivity contribution in [1.29, 1.82) is 0 Å². The van der Waals surface area contributed by atoms with E-state index >= 15 is 0 Å². The summed E-state index contributed by atoms with van der Waals surface area (Å²) in [6, 6.07) is 15.4. The molecular weight excluding hydrogens is 382 g/mol. The minimum Gasteiger partial charge on any atom is -0.454 e. The zero-order valence-corrected chi connectivity index (χ0v) is 19.0. The van der Waals surface area contributed by atoms with Crippen LogP contribution in [0.5, 0.6) is 11.5 Å². The lowest BCUT2D eigenvalue weighted by Crippen LogP contribution is -2.43. The molecule has 0 unspecified atom stereocenters. The quantitative estimate of drug-likeness (QED) is 0.660. The summed E-state index contributed by atoms with van der Waals surface area (Å²) >= 11 is 0. The van der Waals surface area contributed by atoms with Gasteiger partial charge in [-0.15, -0.1) is 0 Å². The number of rotatable bonds is 7. The lowest BCUT2D eigenvalue weighted by molar-refractivity contribution is -0.121. The lowest BCUT2D eigenvalue weighted by Gasteiger charge is -2.37. The van der Waals surface area contributed by atoms with Gasteiger partial charge in [-0.3, -0.25) is 4.79 Å². The molecule has 0 spiro atoms. The number of amides is 1. The highest BCUT2D eigenvalue weighted by Crippen LogP contribution is 2.37. The first kappa shape index (κ1) is 21.4. The van der Waals surface area contributed by atoms with E-state index in [1.165, 1.54) is 0 Å². The fourth-order valence-electron chi connectivity index (χ4n) is 2.90. The number of carbonyl (C=O) groups excluding carboxylic acids is 1. The predicted molar refractivity (Wildman–Crippen MR) is 117 cm³/mol. The maximum atomic E-state index is 12.8. The van der Waals surface area contributed by atoms with Crippen molar-refractivity contribution in [2.75, 3.05) is 13.4 Å². The van der Waals surface area contributed by atoms with Crippen molar-refractivity contribution < 1.29 is 18.7 Å². The van der Waals surface area contributed by atoms with Gasteiger partial charge in [0.1, 0.15) is 0 Å². The number of benzene rings is 2. The summed E-state index contributed by atoms with van der Waals surface area (Å²) in [5, 5.41) is 3.28. The van der Waals surface area contributed by atoms with Gasteiger partial charge in [0.05, 0.1) is 19.1 Å². The standard InChI is InChI=1S/C23H31NO4Si/c1-23(2,3)29(4,5)28-15-19(18-9-7-6-8-10-18)24-22(25)14-17-11-12-20-21(13-17)27-16-26-20/h6-13,19H,14-16H2,1-5H3,(H,24,25)/t19-/m0/s1. The molecule has 0 saturated carbocycles. The van der Waals surface area contributed by atoms with Crippen LogP contribution in [-0.4, -0.2) is 27.6 Å². The van der Waals surface area contributed by atoms with E-state index in [-0.39, 0.29) is 30.2 Å². The molecule has 0 saturated heterocycles. The Morgan fingerprint density at radius 1 is 1.10 bits per heavy atom. The number of hydrogen-bond acceptors (Lipinski definition) is 4. The fourth-order valence-corrected chi connectivity index (χ4v) is 3.91. The molecule has 5 nitrogen and oxygen atoms in total. The Morgan fingerprint density at radius 2 is 1.79 bits per heavy atom. The first-order chi connectivity index (χ1) is 13.7. The third-order valence-corrected chi connectivity index (χ3v) is 10.3. The van der Waals surface area contributed by atoms with Crippen LogP contribution in [0, 0.1) is 0 Å². The minimum atomic E-state index is -1.92. The van der Waals surface area contributed by atoms with E-state index in [4.69, 9.17) is 13.9 Å². The highest BCUT2D eigenvalue weighted by Gasteiger charge is 2.37. The smallest absolute Gasteiger partial charge is 0.231 e. The maximum absolute atomic E-state index is 12.8. The van der Waals surface area contributed by atoms with Gasteiger partial charge in [-0.2, -0.15) is 0 Å². The summed E-state index contributed by atoms with van der Waals surface area (Å²) < 4.78 is 17.2. The zero-order chi connectivity index (χ0) is 21.1. The zero-order valence-electron chi connectivity index (χ0n) is 18.0. The van der Waals surface area contributed by atoms with Gasteiger partial charge in [-0.25, -0.2) is 0 Å². The Bertz CT molecular complexity index is 846. The van der Waals surface area contributed by atoms with Gasteiger partial charge in [0.2, 0.25) is 12.7 Å². The Hall–Kier alpha value is -2.31. The van der Waals surface area contributed by atoms with Gasteiger partial charge < -0.3 is 19.2 Å². The molecule has 1 N–H and O–H groups in total. The van der Waals surface area contributed by atoms with Crippen LogP contribution < -0.4 is 14.8 Å². The first-order valence-corrected chi connectivity index (χ1v) is 12.9. The molecule has 2 aromatic rings. The van der Waals surface area contributed by atoms with E-state index in [0.717, 1.165) is 16.9 Å². The normalized spacial score (nSPS) is 14.5. The highest BCUT2D eigenvalue weighted by atomic mass is 28.4. The summed E-state index contributed by atoms with van der Waals surface area (Å²) in [6.45, 7) is 11.8. The number of hydrogen-bond donors (Lipinski definition) is 1. The molecule has 1 heterocycles. The lowest BCUT2D eigenvalue weighted by atomic mass is 10.1. The van der Waals surface area contributed by atoms with E-state index in [0.29, 0.717) is 12.4 Å². The summed E-state index contributed by atoms with van der Waals surface area (Å²) in [5.41, 5.74) is 1.94. The fraction of sp³-hybridized carbons (Fsp3) is 0.435. The van der Waals surface area contributed by atoms with E-state index < -0.39 is 8.32 Å². The molecule has 1 amide bonds. The van der Waals surface area contributed by atoms with Crippen LogP contribution in [0.1, 0.15) is 37.9 Å². The van der Waals surface area contributed by atoms with Crippen LogP contribution in [0.25, 0.3) is 0 Å².